The lowest BCUT2D eigenvalue weighted by molar-refractivity contribution is 0.0260. The summed E-state index contributed by atoms with van der Waals surface area (Å²) >= 11 is 0. The number of hydrogen-bond acceptors (Lipinski definition) is 3. The van der Waals surface area contributed by atoms with E-state index in [1.165, 1.54) is 0 Å². The first-order valence-corrected chi connectivity index (χ1v) is 10.9. The van der Waals surface area contributed by atoms with Gasteiger partial charge >= 0.3 is 5.97 Å². The molecule has 0 aliphatic carbocycles. The predicted octanol–water partition coefficient (Wildman–Crippen LogP) is 3.98. The fourth-order valence-corrected chi connectivity index (χ4v) is 4.83. The Morgan fingerprint density at radius 2 is 1.87 bits per heavy atom. The van der Waals surface area contributed by atoms with Gasteiger partial charge in [-0.15, -0.1) is 0 Å². The number of carbonyl (C=O) groups is 2. The highest BCUT2D eigenvalue weighted by Crippen LogP contribution is 2.31. The number of amides is 1. The first kappa shape index (κ1) is 19.8. The number of rotatable bonds is 7. The third-order valence-electron chi connectivity index (χ3n) is 6.50. The highest BCUT2D eigenvalue weighted by molar-refractivity contribution is 6.07. The molecule has 0 spiro atoms. The number of unbranched alkanes of at least 4 members (excludes halogenated alkanes) is 1. The molecule has 6 heteroatoms. The number of aromatic nitrogens is 1. The van der Waals surface area contributed by atoms with Gasteiger partial charge in [-0.2, -0.15) is 0 Å². The Hall–Kier alpha value is -3.12. The van der Waals surface area contributed by atoms with E-state index in [4.69, 9.17) is 9.84 Å². The van der Waals surface area contributed by atoms with Crippen molar-refractivity contribution in [3.05, 3.63) is 71.4 Å². The third kappa shape index (κ3) is 3.83. The highest BCUT2D eigenvalue weighted by atomic mass is 16.5. The van der Waals surface area contributed by atoms with Crippen LogP contribution in [0.15, 0.2) is 54.7 Å². The largest absolute Gasteiger partial charge is 0.478 e. The Morgan fingerprint density at radius 3 is 2.58 bits per heavy atom. The molecule has 2 aliphatic heterocycles. The van der Waals surface area contributed by atoms with Crippen molar-refractivity contribution in [3.63, 3.8) is 0 Å². The van der Waals surface area contributed by atoms with E-state index in [1.807, 2.05) is 41.4 Å². The van der Waals surface area contributed by atoms with Gasteiger partial charge in [0, 0.05) is 30.2 Å². The number of nitrogens with zero attached hydrogens (tertiary/aromatic N) is 2. The Kier molecular flexibility index (Phi) is 5.24. The van der Waals surface area contributed by atoms with Crippen molar-refractivity contribution in [2.75, 3.05) is 13.2 Å². The van der Waals surface area contributed by atoms with E-state index < -0.39 is 5.97 Å². The van der Waals surface area contributed by atoms with Gasteiger partial charge in [0.1, 0.15) is 0 Å². The molecule has 6 nitrogen and oxygen atoms in total. The molecule has 2 atom stereocenters. The van der Waals surface area contributed by atoms with E-state index in [0.29, 0.717) is 18.7 Å². The van der Waals surface area contributed by atoms with Gasteiger partial charge < -0.3 is 19.3 Å². The summed E-state index contributed by atoms with van der Waals surface area (Å²) in [5, 5.41) is 10.0. The summed E-state index contributed by atoms with van der Waals surface area (Å²) in [5.41, 5.74) is 3.34. The fourth-order valence-electron chi connectivity index (χ4n) is 4.83. The number of aromatic carboxylic acids is 1. The van der Waals surface area contributed by atoms with Crippen LogP contribution in [-0.4, -0.2) is 51.7 Å². The molecule has 0 radical (unpaired) electrons. The second kappa shape index (κ2) is 8.19. The third-order valence-corrected chi connectivity index (χ3v) is 6.50. The molecule has 0 unspecified atom stereocenters. The van der Waals surface area contributed by atoms with Gasteiger partial charge in [0.15, 0.2) is 0 Å². The Labute approximate surface area is 181 Å². The summed E-state index contributed by atoms with van der Waals surface area (Å²) in [7, 11) is 0. The number of likely N-dealkylation sites (tertiary alicyclic amines) is 1. The van der Waals surface area contributed by atoms with Crippen molar-refractivity contribution < 1.29 is 19.4 Å². The minimum absolute atomic E-state index is 0.115. The normalized spacial score (nSPS) is 19.9. The second-order valence-corrected chi connectivity index (χ2v) is 8.51. The van der Waals surface area contributed by atoms with Crippen LogP contribution in [0.2, 0.25) is 0 Å². The lowest BCUT2D eigenvalue weighted by Crippen LogP contribution is -2.41. The van der Waals surface area contributed by atoms with Crippen LogP contribution in [-0.2, 0) is 17.7 Å². The molecular formula is C25H26N2O4. The Balaban J connectivity index is 1.26. The molecule has 2 aliphatic rings. The van der Waals surface area contributed by atoms with E-state index in [-0.39, 0.29) is 18.1 Å². The van der Waals surface area contributed by atoms with Crippen LogP contribution in [0.25, 0.3) is 10.9 Å². The van der Waals surface area contributed by atoms with Gasteiger partial charge in [0.05, 0.1) is 29.9 Å². The zero-order valence-corrected chi connectivity index (χ0v) is 17.4. The van der Waals surface area contributed by atoms with Gasteiger partial charge in [-0.25, -0.2) is 4.79 Å². The zero-order valence-electron chi connectivity index (χ0n) is 17.4. The molecule has 2 fully saturated rings. The summed E-state index contributed by atoms with van der Waals surface area (Å²) in [5.74, 6) is -0.782. The van der Waals surface area contributed by atoms with Crippen LogP contribution < -0.4 is 0 Å². The Morgan fingerprint density at radius 1 is 1.06 bits per heavy atom. The van der Waals surface area contributed by atoms with E-state index in [2.05, 4.69) is 10.6 Å². The van der Waals surface area contributed by atoms with E-state index >= 15 is 0 Å². The molecule has 2 saturated heterocycles. The lowest BCUT2D eigenvalue weighted by Gasteiger charge is -2.26. The van der Waals surface area contributed by atoms with Crippen molar-refractivity contribution in [2.24, 2.45) is 0 Å². The maximum Gasteiger partial charge on any atom is 0.335 e. The number of hydrogen-bond donors (Lipinski definition) is 1. The Bertz CT molecular complexity index is 1120. The number of aryl methyl sites for hydroxylation is 2. The van der Waals surface area contributed by atoms with E-state index in [1.54, 1.807) is 12.1 Å². The van der Waals surface area contributed by atoms with Crippen molar-refractivity contribution in [2.45, 2.75) is 44.4 Å². The van der Waals surface area contributed by atoms with Crippen molar-refractivity contribution >= 4 is 22.8 Å². The molecule has 3 heterocycles. The summed E-state index contributed by atoms with van der Waals surface area (Å²) in [6.45, 7) is 2.20. The van der Waals surface area contributed by atoms with Crippen LogP contribution in [0.4, 0.5) is 0 Å². The SMILES string of the molecule is O=C(O)c1ccc(CCCCn2cc(C(=O)N3C[C@@H]4C[C@H]3CO4)c3ccccc32)cc1. The second-order valence-electron chi connectivity index (χ2n) is 8.51. The number of carboxylic acids is 1. The number of carbonyl (C=O) groups excluding carboxylic acids is 1. The van der Waals surface area contributed by atoms with Gasteiger partial charge in [-0.3, -0.25) is 4.79 Å². The van der Waals surface area contributed by atoms with Crippen LogP contribution in [0, 0.1) is 0 Å². The van der Waals surface area contributed by atoms with Crippen molar-refractivity contribution in [1.29, 1.82) is 0 Å². The topological polar surface area (TPSA) is 71.8 Å². The molecule has 1 N–H and O–H groups in total. The summed E-state index contributed by atoms with van der Waals surface area (Å²) in [4.78, 5) is 26.2. The highest BCUT2D eigenvalue weighted by Gasteiger charge is 2.42. The smallest absolute Gasteiger partial charge is 0.335 e. The van der Waals surface area contributed by atoms with Gasteiger partial charge in [0.25, 0.3) is 5.91 Å². The van der Waals surface area contributed by atoms with Gasteiger partial charge in [-0.1, -0.05) is 30.3 Å². The average molecular weight is 418 g/mol. The van der Waals surface area contributed by atoms with Crippen LogP contribution >= 0.6 is 0 Å². The number of fused-ring (bicyclic) bond motifs is 3. The molecular weight excluding hydrogens is 392 g/mol. The number of para-hydroxylation sites is 1. The minimum atomic E-state index is -0.898. The van der Waals surface area contributed by atoms with E-state index in [0.717, 1.165) is 54.3 Å². The molecule has 2 aromatic carbocycles. The van der Waals surface area contributed by atoms with E-state index in [9.17, 15) is 9.59 Å². The maximum atomic E-state index is 13.3. The first-order valence-electron chi connectivity index (χ1n) is 10.9. The lowest BCUT2D eigenvalue weighted by atomic mass is 10.1. The molecule has 2 bridgehead atoms. The fraction of sp³-hybridized carbons (Fsp3) is 0.360. The monoisotopic (exact) mass is 418 g/mol. The number of ether oxygens (including phenoxy) is 1. The quantitative estimate of drug-likeness (QED) is 0.589. The van der Waals surface area contributed by atoms with Gasteiger partial charge in [-0.05, 0) is 49.4 Å². The van der Waals surface area contributed by atoms with Crippen molar-refractivity contribution in [1.82, 2.24) is 9.47 Å². The standard InChI is InChI=1S/C25H26N2O4/c28-24(27-14-20-13-19(27)16-31-20)22-15-26(23-7-2-1-6-21(22)23)12-4-3-5-17-8-10-18(11-9-17)25(29)30/h1-2,6-11,15,19-20H,3-5,12-14,16H2,(H,29,30)/t19-,20-/m0/s1. The first-order chi connectivity index (χ1) is 15.1. The molecule has 160 valence electrons. The number of morpholine rings is 1. The summed E-state index contributed by atoms with van der Waals surface area (Å²) in [6.07, 6.45) is 6.05. The molecule has 1 amide bonds. The zero-order chi connectivity index (χ0) is 21.4. The van der Waals surface area contributed by atoms with Crippen LogP contribution in [0.1, 0.15) is 45.5 Å². The van der Waals surface area contributed by atoms with Crippen LogP contribution in [0.5, 0.6) is 0 Å². The molecule has 0 saturated carbocycles. The van der Waals surface area contributed by atoms with Gasteiger partial charge in [0.2, 0.25) is 0 Å². The summed E-state index contributed by atoms with van der Waals surface area (Å²) < 4.78 is 7.85. The number of carboxylic acid groups (broad SMARTS) is 1. The predicted molar refractivity (Wildman–Crippen MR) is 117 cm³/mol. The van der Waals surface area contributed by atoms with Crippen molar-refractivity contribution in [3.8, 4) is 0 Å². The molecule has 1 aromatic heterocycles. The average Bonchev–Trinajstić information content (AvgIpc) is 3.51. The summed E-state index contributed by atoms with van der Waals surface area (Å²) in [6, 6.07) is 15.4. The maximum absolute atomic E-state index is 13.3. The molecule has 3 aromatic rings. The number of benzene rings is 2. The minimum Gasteiger partial charge on any atom is -0.478 e. The molecule has 31 heavy (non-hydrogen) atoms. The molecule has 5 rings (SSSR count). The van der Waals surface area contributed by atoms with Crippen LogP contribution in [0.3, 0.4) is 0 Å².